The van der Waals surface area contributed by atoms with Crippen LogP contribution in [0.4, 0.5) is 0 Å². The molecule has 20 heavy (non-hydrogen) atoms. The minimum Gasteiger partial charge on any atom is -0.353 e. The molecule has 0 unspecified atom stereocenters. The van der Waals surface area contributed by atoms with E-state index in [0.29, 0.717) is 0 Å². The molecule has 0 aromatic carbocycles. The molecule has 0 saturated heterocycles. The Balaban J connectivity index is 0. The normalized spacial score (nSPS) is 9.85. The zero-order valence-corrected chi connectivity index (χ0v) is 15.6. The van der Waals surface area contributed by atoms with Crippen molar-refractivity contribution in [3.63, 3.8) is 0 Å². The van der Waals surface area contributed by atoms with Gasteiger partial charge in [-0.3, -0.25) is 4.79 Å². The van der Waals surface area contributed by atoms with E-state index in [-0.39, 0.29) is 35.5 Å². The van der Waals surface area contributed by atoms with Gasteiger partial charge in [0.1, 0.15) is 0 Å². The third-order valence-electron chi connectivity index (χ3n) is 3.41. The number of hydrogen-bond donors (Lipinski definition) is 1. The topological polar surface area (TPSA) is 29.1 Å². The van der Waals surface area contributed by atoms with Crippen LogP contribution >= 0.6 is 0 Å². The van der Waals surface area contributed by atoms with Gasteiger partial charge in [-0.2, -0.15) is 6.42 Å². The summed E-state index contributed by atoms with van der Waals surface area (Å²) >= 11 is 0. The third kappa shape index (κ3) is 18.2. The van der Waals surface area contributed by atoms with Crippen molar-refractivity contribution in [3.05, 3.63) is 19.6 Å². The molecule has 0 heterocycles. The number of unbranched alkanes of at least 4 members (excludes halogenated alkanes) is 11. The fourth-order valence-electron chi connectivity index (χ4n) is 2.18. The Morgan fingerprint density at radius 1 is 0.850 bits per heavy atom. The Bertz CT molecular complexity index is 219. The summed E-state index contributed by atoms with van der Waals surface area (Å²) in [7, 11) is 0. The molecule has 0 bridgehead atoms. The van der Waals surface area contributed by atoms with Gasteiger partial charge in [-0.05, 0) is 12.5 Å². The van der Waals surface area contributed by atoms with E-state index in [1.165, 1.54) is 70.3 Å². The second-order valence-corrected chi connectivity index (χ2v) is 5.24. The minimum absolute atomic E-state index is 0. The van der Waals surface area contributed by atoms with Gasteiger partial charge in [0, 0.05) is 6.54 Å². The molecule has 1 amide bonds. The molecule has 0 aromatic heterocycles. The molecule has 0 aliphatic heterocycles. The summed E-state index contributed by atoms with van der Waals surface area (Å²) in [6.07, 6.45) is 17.0. The maximum absolute atomic E-state index is 10.9. The third-order valence-corrected chi connectivity index (χ3v) is 3.41. The first-order valence-corrected chi connectivity index (χ1v) is 8.00. The van der Waals surface area contributed by atoms with Gasteiger partial charge in [0.2, 0.25) is 5.91 Å². The second kappa shape index (κ2) is 19.2. The molecule has 112 valence electrons. The van der Waals surface area contributed by atoms with Crippen LogP contribution in [0.1, 0.15) is 77.0 Å². The molecule has 0 radical (unpaired) electrons. The summed E-state index contributed by atoms with van der Waals surface area (Å²) in [5.74, 6) is -0.0566. The monoisotopic (exact) mass is 289 g/mol. The number of hydrogen-bond acceptors (Lipinski definition) is 1. The summed E-state index contributed by atoms with van der Waals surface area (Å²) < 4.78 is 0. The minimum atomic E-state index is -0.0566. The molecule has 0 aliphatic carbocycles. The standard InChI is InChI=1S/C17H32NO.Na/c1-3-5-6-7-8-9-10-11-12-13-14-15-16-18-17(19)4-2;/h4H,1-3,5-16H2,(H,18,19);/q-1;+1. The molecular weight excluding hydrogens is 257 g/mol. The average Bonchev–Trinajstić information content (AvgIpc) is 2.43. The van der Waals surface area contributed by atoms with Crippen LogP contribution in [0.15, 0.2) is 12.7 Å². The van der Waals surface area contributed by atoms with Gasteiger partial charge in [-0.25, -0.2) is 0 Å². The van der Waals surface area contributed by atoms with Gasteiger partial charge < -0.3 is 12.2 Å². The van der Waals surface area contributed by atoms with Crippen molar-refractivity contribution in [3.8, 4) is 0 Å². The zero-order valence-electron chi connectivity index (χ0n) is 13.6. The average molecular weight is 289 g/mol. The summed E-state index contributed by atoms with van der Waals surface area (Å²) in [4.78, 5) is 10.9. The Morgan fingerprint density at radius 3 is 1.65 bits per heavy atom. The summed E-state index contributed by atoms with van der Waals surface area (Å²) in [6.45, 7) is 8.08. The van der Waals surface area contributed by atoms with Gasteiger partial charge >= 0.3 is 29.6 Å². The van der Waals surface area contributed by atoms with Crippen LogP contribution in [0.2, 0.25) is 0 Å². The quantitative estimate of drug-likeness (QED) is 0.225. The van der Waals surface area contributed by atoms with Crippen LogP contribution in [0, 0.1) is 6.92 Å². The van der Waals surface area contributed by atoms with Gasteiger partial charge in [0.15, 0.2) is 0 Å². The van der Waals surface area contributed by atoms with E-state index in [1.54, 1.807) is 0 Å². The van der Waals surface area contributed by atoms with Crippen molar-refractivity contribution in [2.24, 2.45) is 0 Å². The smallest absolute Gasteiger partial charge is 0.353 e. The van der Waals surface area contributed by atoms with Crippen molar-refractivity contribution in [1.82, 2.24) is 5.32 Å². The number of rotatable bonds is 14. The van der Waals surface area contributed by atoms with Crippen LogP contribution in [0.3, 0.4) is 0 Å². The Kier molecular flexibility index (Phi) is 21.6. The van der Waals surface area contributed by atoms with Gasteiger partial charge in [-0.1, -0.05) is 70.8 Å². The summed E-state index contributed by atoms with van der Waals surface area (Å²) in [5.41, 5.74) is 0. The van der Waals surface area contributed by atoms with Crippen LogP contribution < -0.4 is 34.9 Å². The maximum Gasteiger partial charge on any atom is 1.00 e. The molecule has 0 spiro atoms. The fraction of sp³-hybridized carbons (Fsp3) is 0.765. The van der Waals surface area contributed by atoms with E-state index in [1.807, 2.05) is 0 Å². The van der Waals surface area contributed by atoms with E-state index in [2.05, 4.69) is 18.8 Å². The van der Waals surface area contributed by atoms with E-state index in [0.717, 1.165) is 19.4 Å². The van der Waals surface area contributed by atoms with Crippen LogP contribution in [0.5, 0.6) is 0 Å². The largest absolute Gasteiger partial charge is 1.00 e. The van der Waals surface area contributed by atoms with Crippen LogP contribution in [-0.2, 0) is 4.79 Å². The van der Waals surface area contributed by atoms with Crippen LogP contribution in [-0.4, -0.2) is 12.5 Å². The summed E-state index contributed by atoms with van der Waals surface area (Å²) in [6, 6.07) is 0. The van der Waals surface area contributed by atoms with Gasteiger partial charge in [0.05, 0.1) is 0 Å². The molecule has 0 aliphatic rings. The first kappa shape index (κ1) is 22.5. The first-order chi connectivity index (χ1) is 9.31. The Morgan fingerprint density at radius 2 is 1.25 bits per heavy atom. The molecule has 0 fully saturated rings. The van der Waals surface area contributed by atoms with Gasteiger partial charge in [-0.15, -0.1) is 0 Å². The Labute approximate surface area is 148 Å². The molecule has 0 rings (SSSR count). The number of nitrogens with one attached hydrogen (secondary N) is 1. The van der Waals surface area contributed by atoms with Crippen molar-refractivity contribution in [2.45, 2.75) is 77.0 Å². The second-order valence-electron chi connectivity index (χ2n) is 5.24. The molecule has 0 saturated carbocycles. The predicted molar refractivity (Wildman–Crippen MR) is 84.0 cm³/mol. The summed E-state index contributed by atoms with van der Waals surface area (Å²) in [5, 5.41) is 2.81. The number of amides is 1. The maximum atomic E-state index is 10.9. The molecule has 3 heteroatoms. The van der Waals surface area contributed by atoms with E-state index in [9.17, 15) is 4.79 Å². The number of carbonyl (C=O) groups is 1. The number of carbonyl (C=O) groups excluding carboxylic acids is 1. The fourth-order valence-corrected chi connectivity index (χ4v) is 2.18. The van der Waals surface area contributed by atoms with E-state index < -0.39 is 0 Å². The van der Waals surface area contributed by atoms with Crippen LogP contribution in [0.25, 0.3) is 0 Å². The Hall–Kier alpha value is 0.210. The van der Waals surface area contributed by atoms with Crippen molar-refractivity contribution in [2.75, 3.05) is 6.54 Å². The van der Waals surface area contributed by atoms with Crippen molar-refractivity contribution < 1.29 is 34.4 Å². The van der Waals surface area contributed by atoms with E-state index >= 15 is 0 Å². The molecule has 2 nitrogen and oxygen atoms in total. The van der Waals surface area contributed by atoms with E-state index in [4.69, 9.17) is 0 Å². The first-order valence-electron chi connectivity index (χ1n) is 8.00. The van der Waals surface area contributed by atoms with Gasteiger partial charge in [0.25, 0.3) is 0 Å². The van der Waals surface area contributed by atoms with Crippen molar-refractivity contribution >= 4 is 5.91 Å². The molecular formula is C17H32NNaO. The zero-order chi connectivity index (χ0) is 14.2. The molecule has 0 atom stereocenters. The van der Waals surface area contributed by atoms with Crippen molar-refractivity contribution in [1.29, 1.82) is 0 Å². The SMILES string of the molecule is C=CC(=O)NCCCCCCCCCCCCC[CH2-].[Na+]. The molecule has 1 N–H and O–H groups in total. The predicted octanol–water partition coefficient (Wildman–Crippen LogP) is 1.81. The molecule has 0 aromatic rings.